The summed E-state index contributed by atoms with van der Waals surface area (Å²) in [6.07, 6.45) is 5.84. The molecule has 0 saturated heterocycles. The van der Waals surface area contributed by atoms with E-state index >= 15 is 0 Å². The molecule has 20 heavy (non-hydrogen) atoms. The molecule has 0 radical (unpaired) electrons. The molecule has 1 N–H and O–H groups in total. The quantitative estimate of drug-likeness (QED) is 0.820. The molecule has 0 bridgehead atoms. The second kappa shape index (κ2) is 7.07. The summed E-state index contributed by atoms with van der Waals surface area (Å²) < 4.78 is 5.67. The zero-order valence-corrected chi connectivity index (χ0v) is 13.9. The molecule has 0 aliphatic rings. The van der Waals surface area contributed by atoms with Crippen LogP contribution in [0.2, 0.25) is 0 Å². The lowest BCUT2D eigenvalue weighted by atomic mass is 9.82. The third kappa shape index (κ3) is 5.91. The SMILES string of the molecule is CCCOc1cncc(C(C)(C)CCNC(C)(C)C)c1. The molecule has 0 unspecified atom stereocenters. The Bertz CT molecular complexity index is 408. The Kier molecular flexibility index (Phi) is 6.00. The van der Waals surface area contributed by atoms with Gasteiger partial charge >= 0.3 is 0 Å². The van der Waals surface area contributed by atoms with E-state index in [0.717, 1.165) is 31.7 Å². The van der Waals surface area contributed by atoms with Crippen molar-refractivity contribution in [3.63, 3.8) is 0 Å². The third-order valence-electron chi connectivity index (χ3n) is 3.37. The van der Waals surface area contributed by atoms with E-state index in [1.807, 2.05) is 6.20 Å². The number of aromatic nitrogens is 1. The molecule has 0 amide bonds. The number of nitrogens with one attached hydrogen (secondary N) is 1. The van der Waals surface area contributed by atoms with Gasteiger partial charge in [-0.3, -0.25) is 4.98 Å². The molecule has 0 aliphatic heterocycles. The summed E-state index contributed by atoms with van der Waals surface area (Å²) in [5.41, 5.74) is 1.50. The van der Waals surface area contributed by atoms with E-state index in [-0.39, 0.29) is 11.0 Å². The number of hydrogen-bond donors (Lipinski definition) is 1. The first-order valence-electron chi connectivity index (χ1n) is 7.58. The fraction of sp³-hybridized carbons (Fsp3) is 0.706. The van der Waals surface area contributed by atoms with E-state index in [1.165, 1.54) is 5.56 Å². The Morgan fingerprint density at radius 3 is 2.45 bits per heavy atom. The molecule has 3 nitrogen and oxygen atoms in total. The number of pyridine rings is 1. The van der Waals surface area contributed by atoms with E-state index < -0.39 is 0 Å². The third-order valence-corrected chi connectivity index (χ3v) is 3.37. The van der Waals surface area contributed by atoms with Crippen LogP contribution in [0.15, 0.2) is 18.5 Å². The number of nitrogens with zero attached hydrogens (tertiary/aromatic N) is 1. The molecular formula is C17H30N2O. The Hall–Kier alpha value is -1.09. The van der Waals surface area contributed by atoms with Gasteiger partial charge in [0.25, 0.3) is 0 Å². The molecule has 0 spiro atoms. The highest BCUT2D eigenvalue weighted by Gasteiger charge is 2.22. The van der Waals surface area contributed by atoms with Crippen molar-refractivity contribution in [2.45, 2.75) is 65.3 Å². The van der Waals surface area contributed by atoms with Crippen LogP contribution >= 0.6 is 0 Å². The molecule has 0 saturated carbocycles. The fourth-order valence-corrected chi connectivity index (χ4v) is 1.98. The van der Waals surface area contributed by atoms with Gasteiger partial charge in [-0.15, -0.1) is 0 Å². The predicted octanol–water partition coefficient (Wildman–Crippen LogP) is 3.93. The first-order chi connectivity index (χ1) is 9.24. The maximum Gasteiger partial charge on any atom is 0.137 e. The number of hydrogen-bond acceptors (Lipinski definition) is 3. The summed E-state index contributed by atoms with van der Waals surface area (Å²) >= 11 is 0. The minimum absolute atomic E-state index is 0.0941. The van der Waals surface area contributed by atoms with Gasteiger partial charge in [0.2, 0.25) is 0 Å². The van der Waals surface area contributed by atoms with Gasteiger partial charge in [-0.1, -0.05) is 20.8 Å². The van der Waals surface area contributed by atoms with Crippen LogP contribution in [0.4, 0.5) is 0 Å². The lowest BCUT2D eigenvalue weighted by Gasteiger charge is -2.28. The highest BCUT2D eigenvalue weighted by molar-refractivity contribution is 5.29. The lowest BCUT2D eigenvalue weighted by Crippen LogP contribution is -2.38. The molecule has 0 aliphatic carbocycles. The van der Waals surface area contributed by atoms with E-state index in [1.54, 1.807) is 6.20 Å². The molecular weight excluding hydrogens is 248 g/mol. The van der Waals surface area contributed by atoms with E-state index in [0.29, 0.717) is 0 Å². The fourth-order valence-electron chi connectivity index (χ4n) is 1.98. The summed E-state index contributed by atoms with van der Waals surface area (Å²) in [6.45, 7) is 15.0. The molecule has 114 valence electrons. The maximum atomic E-state index is 5.67. The lowest BCUT2D eigenvalue weighted by molar-refractivity contribution is 0.314. The zero-order chi connectivity index (χ0) is 15.2. The number of rotatable bonds is 7. The first kappa shape index (κ1) is 17.0. The summed E-state index contributed by atoms with van der Waals surface area (Å²) in [4.78, 5) is 4.32. The van der Waals surface area contributed by atoms with Gasteiger partial charge in [0.05, 0.1) is 12.8 Å². The minimum atomic E-state index is 0.0941. The summed E-state index contributed by atoms with van der Waals surface area (Å²) in [5.74, 6) is 0.876. The Labute approximate surface area is 124 Å². The standard InChI is InChI=1S/C17H30N2O/c1-7-10-20-15-11-14(12-18-13-15)17(5,6)8-9-19-16(2,3)4/h11-13,19H,7-10H2,1-6H3. The molecule has 3 heteroatoms. The smallest absolute Gasteiger partial charge is 0.137 e. The van der Waals surface area contributed by atoms with Gasteiger partial charge in [-0.05, 0) is 57.2 Å². The molecule has 0 atom stereocenters. The molecule has 1 rings (SSSR count). The van der Waals surface area contributed by atoms with E-state index in [4.69, 9.17) is 4.74 Å². The highest BCUT2D eigenvalue weighted by atomic mass is 16.5. The van der Waals surface area contributed by atoms with Crippen molar-refractivity contribution in [1.29, 1.82) is 0 Å². The van der Waals surface area contributed by atoms with Crippen LogP contribution in [0.5, 0.6) is 5.75 Å². The molecule has 1 aromatic heterocycles. The van der Waals surface area contributed by atoms with Crippen LogP contribution < -0.4 is 10.1 Å². The van der Waals surface area contributed by atoms with Crippen LogP contribution in [-0.4, -0.2) is 23.7 Å². The van der Waals surface area contributed by atoms with Gasteiger partial charge in [-0.2, -0.15) is 0 Å². The topological polar surface area (TPSA) is 34.1 Å². The molecule has 0 aromatic carbocycles. The Balaban J connectivity index is 2.66. The van der Waals surface area contributed by atoms with Crippen molar-refractivity contribution in [3.05, 3.63) is 24.0 Å². The number of ether oxygens (including phenoxy) is 1. The second-order valence-corrected chi connectivity index (χ2v) is 7.07. The van der Waals surface area contributed by atoms with Gasteiger partial charge in [-0.25, -0.2) is 0 Å². The van der Waals surface area contributed by atoms with Crippen LogP contribution in [0.25, 0.3) is 0 Å². The van der Waals surface area contributed by atoms with Gasteiger partial charge in [0.15, 0.2) is 0 Å². The summed E-state index contributed by atoms with van der Waals surface area (Å²) in [5, 5.41) is 3.54. The van der Waals surface area contributed by atoms with Crippen LogP contribution in [0, 0.1) is 0 Å². The van der Waals surface area contributed by atoms with Gasteiger partial charge in [0.1, 0.15) is 5.75 Å². The average molecular weight is 278 g/mol. The van der Waals surface area contributed by atoms with Crippen molar-refractivity contribution >= 4 is 0 Å². The highest BCUT2D eigenvalue weighted by Crippen LogP contribution is 2.28. The van der Waals surface area contributed by atoms with Crippen LogP contribution in [0.1, 0.15) is 59.9 Å². The van der Waals surface area contributed by atoms with Gasteiger partial charge in [0, 0.05) is 11.7 Å². The van der Waals surface area contributed by atoms with Crippen molar-refractivity contribution < 1.29 is 4.74 Å². The van der Waals surface area contributed by atoms with Crippen molar-refractivity contribution in [1.82, 2.24) is 10.3 Å². The Morgan fingerprint density at radius 1 is 1.15 bits per heavy atom. The zero-order valence-electron chi connectivity index (χ0n) is 13.9. The monoisotopic (exact) mass is 278 g/mol. The predicted molar refractivity (Wildman–Crippen MR) is 85.4 cm³/mol. The van der Waals surface area contributed by atoms with Crippen LogP contribution in [-0.2, 0) is 5.41 Å². The summed E-state index contributed by atoms with van der Waals surface area (Å²) in [6, 6.07) is 2.12. The Morgan fingerprint density at radius 2 is 1.85 bits per heavy atom. The van der Waals surface area contributed by atoms with Crippen molar-refractivity contribution in [3.8, 4) is 5.75 Å². The van der Waals surface area contributed by atoms with Crippen molar-refractivity contribution in [2.24, 2.45) is 0 Å². The molecule has 1 aromatic rings. The van der Waals surface area contributed by atoms with Crippen LogP contribution in [0.3, 0.4) is 0 Å². The van der Waals surface area contributed by atoms with E-state index in [2.05, 4.69) is 57.9 Å². The average Bonchev–Trinajstić information content (AvgIpc) is 2.35. The van der Waals surface area contributed by atoms with Gasteiger partial charge < -0.3 is 10.1 Å². The second-order valence-electron chi connectivity index (χ2n) is 7.07. The maximum absolute atomic E-state index is 5.67. The first-order valence-corrected chi connectivity index (χ1v) is 7.58. The largest absolute Gasteiger partial charge is 0.492 e. The van der Waals surface area contributed by atoms with E-state index in [9.17, 15) is 0 Å². The normalized spacial score (nSPS) is 12.5. The molecule has 1 heterocycles. The van der Waals surface area contributed by atoms with Crippen molar-refractivity contribution in [2.75, 3.05) is 13.2 Å². The minimum Gasteiger partial charge on any atom is -0.492 e. The molecule has 0 fully saturated rings. The summed E-state index contributed by atoms with van der Waals surface area (Å²) in [7, 11) is 0.